The highest BCUT2D eigenvalue weighted by Gasteiger charge is 2.38. The second-order valence-corrected chi connectivity index (χ2v) is 8.72. The van der Waals surface area contributed by atoms with E-state index in [-0.39, 0.29) is 22.5 Å². The van der Waals surface area contributed by atoms with Gasteiger partial charge in [-0.25, -0.2) is 0 Å². The molecule has 0 spiro atoms. The molecule has 4 aromatic rings. The normalized spacial score (nSPS) is 14.5. The number of rotatable bonds is 5. The van der Waals surface area contributed by atoms with Crippen molar-refractivity contribution in [3.63, 3.8) is 0 Å². The average Bonchev–Trinajstić information content (AvgIpc) is 3.19. The lowest BCUT2D eigenvalue weighted by Crippen LogP contribution is -2.55. The molecule has 1 aromatic heterocycles. The third-order valence-electron chi connectivity index (χ3n) is 6.33. The van der Waals surface area contributed by atoms with Crippen LogP contribution in [0, 0.1) is 0 Å². The van der Waals surface area contributed by atoms with E-state index in [1.165, 1.54) is 26.1 Å². The molecule has 1 aliphatic rings. The Labute approximate surface area is 203 Å². The van der Waals surface area contributed by atoms with Crippen LogP contribution in [-0.4, -0.2) is 44.4 Å². The van der Waals surface area contributed by atoms with Crippen LogP contribution in [0.5, 0.6) is 0 Å². The van der Waals surface area contributed by atoms with Crippen molar-refractivity contribution in [1.82, 2.24) is 14.4 Å². The topological polar surface area (TPSA) is 45.6 Å². The molecule has 0 saturated carbocycles. The van der Waals surface area contributed by atoms with Gasteiger partial charge in [0.05, 0.1) is 0 Å². The molecule has 0 bridgehead atoms. The smallest absolute Gasteiger partial charge is 0.265 e. The van der Waals surface area contributed by atoms with Crippen molar-refractivity contribution in [2.75, 3.05) is 13.1 Å². The van der Waals surface area contributed by atoms with Gasteiger partial charge in [-0.15, -0.1) is 0 Å². The number of fused-ring (bicyclic) bond motifs is 2. The Hall–Kier alpha value is -3.77. The number of carbonyl (C=O) groups is 2. The van der Waals surface area contributed by atoms with Gasteiger partial charge in [0.25, 0.3) is 11.8 Å². The van der Waals surface area contributed by atoms with E-state index in [0.717, 1.165) is 16.5 Å². The Kier molecular flexibility index (Phi) is 5.75. The van der Waals surface area contributed by atoms with Crippen LogP contribution in [0.25, 0.3) is 27.8 Å². The van der Waals surface area contributed by atoms with Gasteiger partial charge in [0.15, 0.2) is 5.11 Å². The molecule has 3 aromatic carbocycles. The minimum absolute atomic E-state index is 0.144. The third-order valence-corrected chi connectivity index (χ3v) is 6.77. The summed E-state index contributed by atoms with van der Waals surface area (Å²) in [4.78, 5) is 29.2. The number of para-hydroxylation sites is 1. The second-order valence-electron chi connectivity index (χ2n) is 8.35. The molecule has 1 aliphatic heterocycles. The average molecular weight is 468 g/mol. The second kappa shape index (κ2) is 8.88. The number of likely N-dealkylation sites (N-methyl/N-ethyl adjacent to an activating group) is 2. The van der Waals surface area contributed by atoms with Crippen LogP contribution in [0.4, 0.5) is 0 Å². The van der Waals surface area contributed by atoms with Gasteiger partial charge in [-0.1, -0.05) is 54.6 Å². The molecular formula is C28H25N3O2S. The fourth-order valence-corrected chi connectivity index (χ4v) is 5.02. The molecule has 1 saturated heterocycles. The standard InChI is InChI=1S/C28H25N3O2S/c1-3-30-26(32)24(27(33)31(4-2)28(30)34)16-22-18-29(25-12-8-7-11-23(22)25)17-19-13-14-20-9-5-6-10-21(20)15-19/h5-16,18H,3-4,17H2,1-2H3. The van der Waals surface area contributed by atoms with Crippen LogP contribution in [0.1, 0.15) is 25.0 Å². The quantitative estimate of drug-likeness (QED) is 0.230. The predicted octanol–water partition coefficient (Wildman–Crippen LogP) is 5.22. The number of aromatic nitrogens is 1. The Bertz CT molecular complexity index is 1460. The molecule has 34 heavy (non-hydrogen) atoms. The van der Waals surface area contributed by atoms with Gasteiger partial charge in [-0.05, 0) is 60.6 Å². The number of thiocarbonyl (C=S) groups is 1. The van der Waals surface area contributed by atoms with Gasteiger partial charge in [0, 0.05) is 42.3 Å². The van der Waals surface area contributed by atoms with Crippen molar-refractivity contribution in [1.29, 1.82) is 0 Å². The molecule has 0 unspecified atom stereocenters. The van der Waals surface area contributed by atoms with Crippen molar-refractivity contribution in [2.45, 2.75) is 20.4 Å². The molecule has 6 heteroatoms. The lowest BCUT2D eigenvalue weighted by molar-refractivity contribution is -0.133. The summed E-state index contributed by atoms with van der Waals surface area (Å²) >= 11 is 5.38. The van der Waals surface area contributed by atoms with E-state index < -0.39 is 0 Å². The first-order chi connectivity index (χ1) is 16.5. The minimum atomic E-state index is -0.339. The van der Waals surface area contributed by atoms with Crippen molar-refractivity contribution < 1.29 is 9.59 Å². The van der Waals surface area contributed by atoms with E-state index in [0.29, 0.717) is 19.6 Å². The molecule has 0 N–H and O–H groups in total. The number of carbonyl (C=O) groups excluding carboxylic acids is 2. The zero-order valence-electron chi connectivity index (χ0n) is 19.2. The van der Waals surface area contributed by atoms with Crippen molar-refractivity contribution >= 4 is 56.9 Å². The lowest BCUT2D eigenvalue weighted by atomic mass is 10.1. The highest BCUT2D eigenvalue weighted by atomic mass is 32.1. The highest BCUT2D eigenvalue weighted by molar-refractivity contribution is 7.80. The molecule has 2 amide bonds. The number of hydrogen-bond acceptors (Lipinski definition) is 3. The van der Waals surface area contributed by atoms with E-state index in [9.17, 15) is 9.59 Å². The zero-order chi connectivity index (χ0) is 23.8. The first-order valence-corrected chi connectivity index (χ1v) is 11.9. The van der Waals surface area contributed by atoms with E-state index in [2.05, 4.69) is 41.0 Å². The number of amides is 2. The van der Waals surface area contributed by atoms with Gasteiger partial charge in [-0.3, -0.25) is 19.4 Å². The molecule has 0 atom stereocenters. The Balaban J connectivity index is 1.58. The first-order valence-electron chi connectivity index (χ1n) is 11.5. The molecule has 2 heterocycles. The lowest BCUT2D eigenvalue weighted by Gasteiger charge is -2.35. The van der Waals surface area contributed by atoms with Gasteiger partial charge < -0.3 is 4.57 Å². The van der Waals surface area contributed by atoms with E-state index >= 15 is 0 Å². The zero-order valence-corrected chi connectivity index (χ0v) is 20.0. The molecule has 170 valence electrons. The van der Waals surface area contributed by atoms with Crippen molar-refractivity contribution in [3.05, 3.63) is 89.6 Å². The highest BCUT2D eigenvalue weighted by Crippen LogP contribution is 2.27. The van der Waals surface area contributed by atoms with Crippen LogP contribution in [-0.2, 0) is 16.1 Å². The predicted molar refractivity (Wildman–Crippen MR) is 140 cm³/mol. The molecule has 1 fully saturated rings. The van der Waals surface area contributed by atoms with Crippen LogP contribution in [0.3, 0.4) is 0 Å². The van der Waals surface area contributed by atoms with Crippen LogP contribution >= 0.6 is 12.2 Å². The maximum Gasteiger partial charge on any atom is 0.265 e. The summed E-state index contributed by atoms with van der Waals surface area (Å²) < 4.78 is 2.17. The van der Waals surface area contributed by atoms with Gasteiger partial charge in [0.2, 0.25) is 0 Å². The Morgan fingerprint density at radius 1 is 0.824 bits per heavy atom. The van der Waals surface area contributed by atoms with Crippen LogP contribution in [0.15, 0.2) is 78.5 Å². The summed E-state index contributed by atoms with van der Waals surface area (Å²) in [5.41, 5.74) is 3.22. The third kappa shape index (κ3) is 3.70. The maximum atomic E-state index is 13.1. The van der Waals surface area contributed by atoms with Gasteiger partial charge >= 0.3 is 0 Å². The molecule has 0 aliphatic carbocycles. The number of hydrogen-bond donors (Lipinski definition) is 0. The van der Waals surface area contributed by atoms with Crippen LogP contribution < -0.4 is 0 Å². The Morgan fingerprint density at radius 2 is 1.47 bits per heavy atom. The molecule has 0 radical (unpaired) electrons. The van der Waals surface area contributed by atoms with Gasteiger partial charge in [-0.2, -0.15) is 0 Å². The van der Waals surface area contributed by atoms with E-state index in [1.807, 2.05) is 50.4 Å². The minimum Gasteiger partial charge on any atom is -0.342 e. The van der Waals surface area contributed by atoms with Crippen molar-refractivity contribution in [3.8, 4) is 0 Å². The fraction of sp³-hybridized carbons (Fsp3) is 0.179. The largest absolute Gasteiger partial charge is 0.342 e. The molecule has 5 nitrogen and oxygen atoms in total. The molecular weight excluding hydrogens is 442 g/mol. The summed E-state index contributed by atoms with van der Waals surface area (Å²) in [6, 6.07) is 22.9. The van der Waals surface area contributed by atoms with E-state index in [1.54, 1.807) is 6.08 Å². The van der Waals surface area contributed by atoms with Crippen LogP contribution in [0.2, 0.25) is 0 Å². The summed E-state index contributed by atoms with van der Waals surface area (Å²) in [6.07, 6.45) is 3.74. The summed E-state index contributed by atoms with van der Waals surface area (Å²) in [7, 11) is 0. The summed E-state index contributed by atoms with van der Waals surface area (Å²) in [6.45, 7) is 5.25. The number of nitrogens with zero attached hydrogens (tertiary/aromatic N) is 3. The van der Waals surface area contributed by atoms with E-state index in [4.69, 9.17) is 12.2 Å². The molecule has 5 rings (SSSR count). The Morgan fingerprint density at radius 3 is 2.18 bits per heavy atom. The van der Waals surface area contributed by atoms with Crippen molar-refractivity contribution in [2.24, 2.45) is 0 Å². The summed E-state index contributed by atoms with van der Waals surface area (Å²) in [5.74, 6) is -0.679. The maximum absolute atomic E-state index is 13.1. The monoisotopic (exact) mass is 467 g/mol. The SMILES string of the molecule is CCN1C(=O)C(=Cc2cn(Cc3ccc4ccccc4c3)c3ccccc23)C(=O)N(CC)C1=S. The first kappa shape index (κ1) is 22.0. The summed E-state index contributed by atoms with van der Waals surface area (Å²) in [5, 5.41) is 3.68. The number of benzene rings is 3. The fourth-order valence-electron chi connectivity index (χ4n) is 4.59. The van der Waals surface area contributed by atoms with Gasteiger partial charge in [0.1, 0.15) is 5.57 Å².